The Morgan fingerprint density at radius 2 is 2.04 bits per heavy atom. The van der Waals surface area contributed by atoms with E-state index < -0.39 is 0 Å². The number of anilines is 1. The van der Waals surface area contributed by atoms with Gasteiger partial charge < -0.3 is 14.5 Å². The van der Waals surface area contributed by atoms with Crippen molar-refractivity contribution in [2.24, 2.45) is 0 Å². The molecule has 4 nitrogen and oxygen atoms in total. The van der Waals surface area contributed by atoms with Gasteiger partial charge in [0.2, 0.25) is 5.91 Å². The molecular formula is C21H21NO3. The van der Waals surface area contributed by atoms with Gasteiger partial charge in [0, 0.05) is 22.7 Å². The van der Waals surface area contributed by atoms with E-state index in [1.54, 1.807) is 6.26 Å². The summed E-state index contributed by atoms with van der Waals surface area (Å²) in [6.07, 6.45) is 5.44. The van der Waals surface area contributed by atoms with Crippen LogP contribution in [0.1, 0.15) is 30.0 Å². The van der Waals surface area contributed by atoms with Crippen LogP contribution >= 0.6 is 0 Å². The maximum absolute atomic E-state index is 12.4. The van der Waals surface area contributed by atoms with E-state index in [1.165, 1.54) is 17.5 Å². The first-order valence-corrected chi connectivity index (χ1v) is 8.77. The smallest absolute Gasteiger partial charge is 0.228 e. The van der Waals surface area contributed by atoms with E-state index in [0.29, 0.717) is 13.0 Å². The third kappa shape index (κ3) is 3.25. The molecule has 1 aliphatic rings. The number of benzene rings is 2. The number of nitrogens with one attached hydrogen (secondary N) is 1. The van der Waals surface area contributed by atoms with E-state index in [2.05, 4.69) is 17.4 Å². The first kappa shape index (κ1) is 15.8. The maximum Gasteiger partial charge on any atom is 0.228 e. The van der Waals surface area contributed by atoms with Crippen molar-refractivity contribution < 1.29 is 13.9 Å². The highest BCUT2D eigenvalue weighted by molar-refractivity contribution is 5.95. The molecule has 0 fully saturated rings. The Morgan fingerprint density at radius 3 is 2.88 bits per heavy atom. The van der Waals surface area contributed by atoms with Crippen LogP contribution in [-0.4, -0.2) is 12.5 Å². The van der Waals surface area contributed by atoms with Crippen molar-refractivity contribution in [1.29, 1.82) is 0 Å². The number of carbonyl (C=O) groups is 1. The van der Waals surface area contributed by atoms with E-state index in [-0.39, 0.29) is 5.91 Å². The standard InChI is InChI=1S/C21H21NO3/c1-2-24-18-8-4-7-17(12-18)22-21(23)11-16-13-25-20-10-15-6-3-5-14(15)9-19(16)20/h4,7-10,12-13H,2-3,5-6,11H2,1H3,(H,22,23). The summed E-state index contributed by atoms with van der Waals surface area (Å²) < 4.78 is 11.1. The second-order valence-corrected chi connectivity index (χ2v) is 6.42. The van der Waals surface area contributed by atoms with Gasteiger partial charge in [0.15, 0.2) is 0 Å². The summed E-state index contributed by atoms with van der Waals surface area (Å²) in [4.78, 5) is 12.4. The molecule has 4 heteroatoms. The average molecular weight is 335 g/mol. The zero-order valence-corrected chi connectivity index (χ0v) is 14.3. The summed E-state index contributed by atoms with van der Waals surface area (Å²) >= 11 is 0. The van der Waals surface area contributed by atoms with E-state index in [4.69, 9.17) is 9.15 Å². The van der Waals surface area contributed by atoms with Gasteiger partial charge in [0.1, 0.15) is 11.3 Å². The van der Waals surface area contributed by atoms with E-state index in [1.807, 2.05) is 31.2 Å². The van der Waals surface area contributed by atoms with Crippen LogP contribution < -0.4 is 10.1 Å². The Balaban J connectivity index is 1.51. The quantitative estimate of drug-likeness (QED) is 0.747. The third-order valence-corrected chi connectivity index (χ3v) is 4.65. The lowest BCUT2D eigenvalue weighted by Gasteiger charge is -2.08. The second-order valence-electron chi connectivity index (χ2n) is 6.42. The van der Waals surface area contributed by atoms with E-state index in [0.717, 1.165) is 40.8 Å². The summed E-state index contributed by atoms with van der Waals surface area (Å²) in [5, 5.41) is 3.99. The van der Waals surface area contributed by atoms with Crippen LogP contribution in [0.4, 0.5) is 5.69 Å². The van der Waals surface area contributed by atoms with Crippen LogP contribution in [0.2, 0.25) is 0 Å². The predicted octanol–water partition coefficient (Wildman–Crippen LogP) is 4.50. The molecule has 0 aliphatic heterocycles. The molecule has 1 N–H and O–H groups in total. The molecule has 0 atom stereocenters. The molecular weight excluding hydrogens is 314 g/mol. The highest BCUT2D eigenvalue weighted by Crippen LogP contribution is 2.30. The lowest BCUT2D eigenvalue weighted by Crippen LogP contribution is -2.14. The lowest BCUT2D eigenvalue weighted by molar-refractivity contribution is -0.115. The Morgan fingerprint density at radius 1 is 1.20 bits per heavy atom. The first-order valence-electron chi connectivity index (χ1n) is 8.77. The van der Waals surface area contributed by atoms with Gasteiger partial charge in [-0.2, -0.15) is 0 Å². The van der Waals surface area contributed by atoms with E-state index in [9.17, 15) is 4.79 Å². The highest BCUT2D eigenvalue weighted by atomic mass is 16.5. The number of aryl methyl sites for hydroxylation is 2. The summed E-state index contributed by atoms with van der Waals surface area (Å²) in [7, 11) is 0. The van der Waals surface area contributed by atoms with Gasteiger partial charge in [-0.25, -0.2) is 0 Å². The summed E-state index contributed by atoms with van der Waals surface area (Å²) in [5.74, 6) is 0.696. The van der Waals surface area contributed by atoms with Crippen LogP contribution in [-0.2, 0) is 24.1 Å². The van der Waals surface area contributed by atoms with Crippen molar-refractivity contribution in [2.45, 2.75) is 32.6 Å². The molecule has 128 valence electrons. The molecule has 3 aromatic rings. The largest absolute Gasteiger partial charge is 0.494 e. The van der Waals surface area contributed by atoms with E-state index >= 15 is 0 Å². The fourth-order valence-electron chi connectivity index (χ4n) is 3.49. The van der Waals surface area contributed by atoms with Crippen molar-refractivity contribution >= 4 is 22.6 Å². The van der Waals surface area contributed by atoms with Crippen LogP contribution in [0, 0.1) is 0 Å². The molecule has 0 spiro atoms. The van der Waals surface area contributed by atoms with Crippen molar-refractivity contribution in [1.82, 2.24) is 0 Å². The zero-order chi connectivity index (χ0) is 17.2. The Hall–Kier alpha value is -2.75. The Kier molecular flexibility index (Phi) is 4.18. The van der Waals surface area contributed by atoms with Crippen LogP contribution in [0.3, 0.4) is 0 Å². The molecule has 0 bridgehead atoms. The van der Waals surface area contributed by atoms with Crippen LogP contribution in [0.5, 0.6) is 5.75 Å². The number of amides is 1. The van der Waals surface area contributed by atoms with Crippen molar-refractivity contribution in [2.75, 3.05) is 11.9 Å². The Bertz CT molecular complexity index is 926. The number of rotatable bonds is 5. The lowest BCUT2D eigenvalue weighted by atomic mass is 10.0. The zero-order valence-electron chi connectivity index (χ0n) is 14.3. The summed E-state index contributed by atoms with van der Waals surface area (Å²) in [6, 6.07) is 11.8. The molecule has 0 saturated carbocycles. The number of hydrogen-bond donors (Lipinski definition) is 1. The maximum atomic E-state index is 12.4. The molecule has 1 aliphatic carbocycles. The number of fused-ring (bicyclic) bond motifs is 2. The summed E-state index contributed by atoms with van der Waals surface area (Å²) in [5.41, 5.74) is 5.32. The molecule has 2 aromatic carbocycles. The number of furan rings is 1. The van der Waals surface area contributed by atoms with Crippen LogP contribution in [0.25, 0.3) is 11.0 Å². The van der Waals surface area contributed by atoms with Gasteiger partial charge in [-0.15, -0.1) is 0 Å². The van der Waals surface area contributed by atoms with Gasteiger partial charge in [0.05, 0.1) is 19.3 Å². The number of hydrogen-bond acceptors (Lipinski definition) is 3. The molecule has 25 heavy (non-hydrogen) atoms. The SMILES string of the molecule is CCOc1cccc(NC(=O)Cc2coc3cc4c(cc23)CCC4)c1. The monoisotopic (exact) mass is 335 g/mol. The van der Waals surface area contributed by atoms with Crippen LogP contribution in [0.15, 0.2) is 47.1 Å². The number of carbonyl (C=O) groups excluding carboxylic acids is 1. The molecule has 0 radical (unpaired) electrons. The topological polar surface area (TPSA) is 51.5 Å². The molecule has 1 heterocycles. The molecule has 0 unspecified atom stereocenters. The predicted molar refractivity (Wildman–Crippen MR) is 98.2 cm³/mol. The normalized spacial score (nSPS) is 13.0. The van der Waals surface area contributed by atoms with Gasteiger partial charge in [-0.3, -0.25) is 4.79 Å². The second kappa shape index (κ2) is 6.63. The molecule has 1 amide bonds. The van der Waals surface area contributed by atoms with Crippen molar-refractivity contribution in [3.63, 3.8) is 0 Å². The molecule has 1 aromatic heterocycles. The van der Waals surface area contributed by atoms with Gasteiger partial charge in [0.25, 0.3) is 0 Å². The first-order chi connectivity index (χ1) is 12.2. The highest BCUT2D eigenvalue weighted by Gasteiger charge is 2.16. The summed E-state index contributed by atoms with van der Waals surface area (Å²) in [6.45, 7) is 2.54. The van der Waals surface area contributed by atoms with Gasteiger partial charge >= 0.3 is 0 Å². The minimum atomic E-state index is -0.0585. The fourth-order valence-corrected chi connectivity index (χ4v) is 3.49. The molecule has 0 saturated heterocycles. The van der Waals surface area contributed by atoms with Gasteiger partial charge in [-0.05, 0) is 61.6 Å². The third-order valence-electron chi connectivity index (χ3n) is 4.65. The minimum Gasteiger partial charge on any atom is -0.494 e. The fraction of sp³-hybridized carbons (Fsp3) is 0.286. The Labute approximate surface area is 146 Å². The van der Waals surface area contributed by atoms with Crippen molar-refractivity contribution in [3.05, 3.63) is 59.4 Å². The number of ether oxygens (including phenoxy) is 1. The minimum absolute atomic E-state index is 0.0585. The molecule has 4 rings (SSSR count). The average Bonchev–Trinajstić information content (AvgIpc) is 3.20. The van der Waals surface area contributed by atoms with Gasteiger partial charge in [-0.1, -0.05) is 6.07 Å². The van der Waals surface area contributed by atoms with Crippen molar-refractivity contribution in [3.8, 4) is 5.75 Å².